The normalized spacial score (nSPS) is 12.8. The van der Waals surface area contributed by atoms with E-state index in [2.05, 4.69) is 214 Å². The summed E-state index contributed by atoms with van der Waals surface area (Å²) >= 11 is 1.86. The minimum Gasteiger partial charge on any atom is -0.228 e. The third kappa shape index (κ3) is 6.08. The van der Waals surface area contributed by atoms with Gasteiger partial charge in [-0.2, -0.15) is 0 Å². The largest absolute Gasteiger partial charge is 0.228 e. The Labute approximate surface area is 365 Å². The molecule has 9 aromatic carbocycles. The second kappa shape index (κ2) is 14.3. The van der Waals surface area contributed by atoms with Gasteiger partial charge in [0.25, 0.3) is 0 Å². The number of fused-ring (bicyclic) bond motifs is 7. The van der Waals surface area contributed by atoms with Crippen LogP contribution in [0.15, 0.2) is 206 Å². The van der Waals surface area contributed by atoms with Crippen molar-refractivity contribution in [2.75, 3.05) is 0 Å². The Hall–Kier alpha value is -7.46. The first-order chi connectivity index (χ1) is 30.4. The van der Waals surface area contributed by atoms with E-state index in [1.54, 1.807) is 0 Å². The summed E-state index contributed by atoms with van der Waals surface area (Å²) in [4.78, 5) is 10.6. The van der Waals surface area contributed by atoms with E-state index in [1.807, 2.05) is 17.4 Å². The molecular weight excluding hydrogens is 769 g/mol. The Bertz CT molecular complexity index is 3540. The summed E-state index contributed by atoms with van der Waals surface area (Å²) in [6.45, 7) is 4.72. The first kappa shape index (κ1) is 36.4. The maximum absolute atomic E-state index is 5.33. The number of thiophene rings is 1. The molecule has 0 saturated heterocycles. The monoisotopic (exact) mass is 808 g/mol. The summed E-state index contributed by atoms with van der Waals surface area (Å²) in [6, 6.07) is 74.9. The van der Waals surface area contributed by atoms with Crippen LogP contribution in [-0.4, -0.2) is 9.97 Å². The molecule has 0 radical (unpaired) electrons. The Morgan fingerprint density at radius 2 is 0.935 bits per heavy atom. The van der Waals surface area contributed by atoms with Crippen molar-refractivity contribution in [3.8, 4) is 78.4 Å². The Morgan fingerprint density at radius 1 is 0.355 bits per heavy atom. The van der Waals surface area contributed by atoms with Gasteiger partial charge in [-0.15, -0.1) is 11.3 Å². The average Bonchev–Trinajstić information content (AvgIpc) is 3.82. The molecule has 0 fully saturated rings. The van der Waals surface area contributed by atoms with Gasteiger partial charge in [-0.1, -0.05) is 166 Å². The Balaban J connectivity index is 1.00. The summed E-state index contributed by atoms with van der Waals surface area (Å²) in [6.07, 6.45) is 0. The molecule has 0 saturated carbocycles. The number of hydrogen-bond donors (Lipinski definition) is 0. The van der Waals surface area contributed by atoms with Gasteiger partial charge in [0, 0.05) is 42.3 Å². The molecule has 2 aromatic heterocycles. The van der Waals surface area contributed by atoms with Gasteiger partial charge in [0.2, 0.25) is 0 Å². The van der Waals surface area contributed by atoms with Crippen molar-refractivity contribution >= 4 is 42.3 Å². The lowest BCUT2D eigenvalue weighted by atomic mass is 9.81. The van der Waals surface area contributed by atoms with Gasteiger partial charge >= 0.3 is 0 Å². The fraction of sp³-hybridized carbons (Fsp3) is 0.0508. The molecule has 1 aliphatic carbocycles. The van der Waals surface area contributed by atoms with Crippen molar-refractivity contribution in [3.05, 3.63) is 217 Å². The van der Waals surface area contributed by atoms with Crippen LogP contribution in [0, 0.1) is 0 Å². The van der Waals surface area contributed by atoms with Crippen LogP contribution in [0.5, 0.6) is 0 Å². The van der Waals surface area contributed by atoms with E-state index in [1.165, 1.54) is 69.9 Å². The van der Waals surface area contributed by atoms with Gasteiger partial charge in [0.15, 0.2) is 5.82 Å². The van der Waals surface area contributed by atoms with Crippen molar-refractivity contribution < 1.29 is 0 Å². The van der Waals surface area contributed by atoms with E-state index < -0.39 is 0 Å². The highest BCUT2D eigenvalue weighted by Crippen LogP contribution is 2.51. The quantitative estimate of drug-likeness (QED) is 0.167. The smallest absolute Gasteiger partial charge is 0.160 e. The van der Waals surface area contributed by atoms with Crippen LogP contribution in [0.4, 0.5) is 0 Å². The fourth-order valence-corrected chi connectivity index (χ4v) is 10.9. The summed E-state index contributed by atoms with van der Waals surface area (Å²) in [5.41, 5.74) is 17.2. The summed E-state index contributed by atoms with van der Waals surface area (Å²) in [5.74, 6) is 0.700. The molecule has 2 heterocycles. The van der Waals surface area contributed by atoms with Gasteiger partial charge in [-0.05, 0) is 121 Å². The first-order valence-electron chi connectivity index (χ1n) is 21.3. The highest BCUT2D eigenvalue weighted by atomic mass is 32.1. The second-order valence-corrected chi connectivity index (χ2v) is 18.0. The molecule has 12 rings (SSSR count). The molecule has 11 aromatic rings. The molecule has 3 heteroatoms. The number of hydrogen-bond acceptors (Lipinski definition) is 3. The van der Waals surface area contributed by atoms with Gasteiger partial charge < -0.3 is 0 Å². The third-order valence-electron chi connectivity index (χ3n) is 12.8. The lowest BCUT2D eigenvalue weighted by molar-refractivity contribution is 0.661. The molecule has 0 unspecified atom stereocenters. The standard InChI is InChI=1S/C59H40N2S/c1-59(2)52-35-42(27-28-48(52)51-33-40-19-9-10-20-41(40)34-53(51)59)39-21-13-22-43(29-39)54-36-55(61-58(60-54)38-17-7-4-8-18-38)46-31-44(37-15-5-3-6-16-37)30-45(32-46)47-24-14-25-50-49-23-11-12-26-56(49)62-57(47)50/h3-36H,1-2H3. The lowest BCUT2D eigenvalue weighted by Crippen LogP contribution is -2.15. The average molecular weight is 809 g/mol. The van der Waals surface area contributed by atoms with Gasteiger partial charge in [0.1, 0.15) is 0 Å². The molecule has 2 nitrogen and oxygen atoms in total. The zero-order chi connectivity index (χ0) is 41.4. The second-order valence-electron chi connectivity index (χ2n) is 17.0. The SMILES string of the molecule is CC1(C)c2cc(-c3cccc(-c4cc(-c5cc(-c6ccccc6)cc(-c6cccc7c6sc6ccccc67)c5)nc(-c5ccccc5)n4)c3)ccc2-c2cc3ccccc3cc21. The number of benzene rings is 9. The van der Waals surface area contributed by atoms with Crippen molar-refractivity contribution in [2.45, 2.75) is 19.3 Å². The van der Waals surface area contributed by atoms with Crippen LogP contribution >= 0.6 is 11.3 Å². The minimum atomic E-state index is -0.121. The molecule has 1 aliphatic rings. The van der Waals surface area contributed by atoms with Crippen LogP contribution in [0.3, 0.4) is 0 Å². The van der Waals surface area contributed by atoms with E-state index in [0.717, 1.165) is 44.8 Å². The molecule has 0 N–H and O–H groups in total. The van der Waals surface area contributed by atoms with Crippen molar-refractivity contribution in [1.29, 1.82) is 0 Å². The molecule has 292 valence electrons. The Kier molecular flexibility index (Phi) is 8.41. The van der Waals surface area contributed by atoms with Crippen LogP contribution in [0.25, 0.3) is 109 Å². The predicted molar refractivity (Wildman–Crippen MR) is 263 cm³/mol. The molecule has 62 heavy (non-hydrogen) atoms. The molecule has 0 bridgehead atoms. The van der Waals surface area contributed by atoms with E-state index in [0.29, 0.717) is 5.82 Å². The summed E-state index contributed by atoms with van der Waals surface area (Å²) < 4.78 is 2.59. The third-order valence-corrected chi connectivity index (χ3v) is 14.1. The van der Waals surface area contributed by atoms with Gasteiger partial charge in [-0.25, -0.2) is 9.97 Å². The first-order valence-corrected chi connectivity index (χ1v) is 22.1. The van der Waals surface area contributed by atoms with Crippen LogP contribution in [0.2, 0.25) is 0 Å². The van der Waals surface area contributed by atoms with Crippen LogP contribution in [0.1, 0.15) is 25.0 Å². The number of aromatic nitrogens is 2. The predicted octanol–water partition coefficient (Wildman–Crippen LogP) is 16.3. The highest BCUT2D eigenvalue weighted by molar-refractivity contribution is 7.26. The van der Waals surface area contributed by atoms with E-state index in [-0.39, 0.29) is 5.41 Å². The summed E-state index contributed by atoms with van der Waals surface area (Å²) in [5, 5.41) is 5.15. The lowest BCUT2D eigenvalue weighted by Gasteiger charge is -2.22. The number of rotatable bonds is 6. The van der Waals surface area contributed by atoms with Crippen LogP contribution in [-0.2, 0) is 5.41 Å². The number of nitrogens with zero attached hydrogens (tertiary/aromatic N) is 2. The van der Waals surface area contributed by atoms with Crippen molar-refractivity contribution in [1.82, 2.24) is 9.97 Å². The van der Waals surface area contributed by atoms with E-state index in [9.17, 15) is 0 Å². The van der Waals surface area contributed by atoms with Crippen molar-refractivity contribution in [2.24, 2.45) is 0 Å². The fourth-order valence-electron chi connectivity index (χ4n) is 9.62. The zero-order valence-corrected chi connectivity index (χ0v) is 35.2. The van der Waals surface area contributed by atoms with Gasteiger partial charge in [0.05, 0.1) is 11.4 Å². The van der Waals surface area contributed by atoms with E-state index >= 15 is 0 Å². The Morgan fingerprint density at radius 3 is 1.76 bits per heavy atom. The molecule has 0 aliphatic heterocycles. The summed E-state index contributed by atoms with van der Waals surface area (Å²) in [7, 11) is 0. The minimum absolute atomic E-state index is 0.121. The molecule has 0 amide bonds. The maximum atomic E-state index is 5.33. The van der Waals surface area contributed by atoms with Crippen LogP contribution < -0.4 is 0 Å². The molecule has 0 atom stereocenters. The molecular formula is C59H40N2S. The van der Waals surface area contributed by atoms with Gasteiger partial charge in [-0.3, -0.25) is 0 Å². The maximum Gasteiger partial charge on any atom is 0.160 e. The molecule has 0 spiro atoms. The topological polar surface area (TPSA) is 25.8 Å². The zero-order valence-electron chi connectivity index (χ0n) is 34.4. The van der Waals surface area contributed by atoms with E-state index in [4.69, 9.17) is 9.97 Å². The highest BCUT2D eigenvalue weighted by Gasteiger charge is 2.36. The van der Waals surface area contributed by atoms with Crippen molar-refractivity contribution in [3.63, 3.8) is 0 Å².